The highest BCUT2D eigenvalue weighted by Crippen LogP contribution is 2.52. The Morgan fingerprint density at radius 1 is 1.58 bits per heavy atom. The topological polar surface area (TPSA) is 60.2 Å². The monoisotopic (exact) mass is 169 g/mol. The largest absolute Gasteiger partial charge is 0.299 e. The molecule has 0 aromatic rings. The molecule has 4 nitrogen and oxygen atoms in total. The highest BCUT2D eigenvalue weighted by atomic mass is 16.6. The third kappa shape index (κ3) is 0.869. The first kappa shape index (κ1) is 7.71. The van der Waals surface area contributed by atoms with Crippen molar-refractivity contribution in [3.05, 3.63) is 10.1 Å². The van der Waals surface area contributed by atoms with Gasteiger partial charge in [-0.25, -0.2) is 0 Å². The van der Waals surface area contributed by atoms with Crippen molar-refractivity contribution in [1.82, 2.24) is 0 Å². The van der Waals surface area contributed by atoms with E-state index in [1.165, 1.54) is 0 Å². The van der Waals surface area contributed by atoms with E-state index in [1.54, 1.807) is 0 Å². The van der Waals surface area contributed by atoms with E-state index in [9.17, 15) is 14.9 Å². The van der Waals surface area contributed by atoms with Gasteiger partial charge in [-0.1, -0.05) is 6.92 Å². The van der Waals surface area contributed by atoms with Crippen LogP contribution in [0.25, 0.3) is 0 Å². The number of rotatable bonds is 1. The second kappa shape index (κ2) is 2.28. The first-order chi connectivity index (χ1) is 5.63. The van der Waals surface area contributed by atoms with E-state index in [2.05, 4.69) is 0 Å². The Kier molecular flexibility index (Phi) is 1.46. The van der Waals surface area contributed by atoms with Crippen LogP contribution in [0.3, 0.4) is 0 Å². The van der Waals surface area contributed by atoms with Gasteiger partial charge in [0.25, 0.3) is 0 Å². The number of nitrogens with zero attached hydrogens (tertiary/aromatic N) is 1. The molecule has 2 aliphatic carbocycles. The number of carbonyl (C=O) groups excluding carboxylic acids is 1. The van der Waals surface area contributed by atoms with Crippen molar-refractivity contribution in [3.8, 4) is 0 Å². The zero-order chi connectivity index (χ0) is 8.88. The summed E-state index contributed by atoms with van der Waals surface area (Å²) in [5, 5.41) is 10.5. The number of hydrogen-bond donors (Lipinski definition) is 0. The molecule has 0 amide bonds. The lowest BCUT2D eigenvalue weighted by Gasteiger charge is -2.12. The van der Waals surface area contributed by atoms with Crippen LogP contribution in [0.2, 0.25) is 0 Å². The first-order valence-corrected chi connectivity index (χ1v) is 4.29. The highest BCUT2D eigenvalue weighted by Gasteiger charge is 2.67. The summed E-state index contributed by atoms with van der Waals surface area (Å²) in [5.41, 5.74) is 0. The van der Waals surface area contributed by atoms with Crippen molar-refractivity contribution in [1.29, 1.82) is 0 Å². The third-order valence-electron chi connectivity index (χ3n) is 3.15. The van der Waals surface area contributed by atoms with Crippen LogP contribution in [0.15, 0.2) is 0 Å². The van der Waals surface area contributed by atoms with Crippen molar-refractivity contribution < 1.29 is 9.72 Å². The lowest BCUT2D eigenvalue weighted by molar-refractivity contribution is -0.501. The smallest absolute Gasteiger partial charge is 0.227 e. The van der Waals surface area contributed by atoms with Crippen molar-refractivity contribution >= 4 is 5.78 Å². The van der Waals surface area contributed by atoms with E-state index < -0.39 is 6.04 Å². The summed E-state index contributed by atoms with van der Waals surface area (Å²) in [7, 11) is 0. The molecule has 2 rings (SSSR count). The zero-order valence-electron chi connectivity index (χ0n) is 6.90. The maximum atomic E-state index is 11.2. The summed E-state index contributed by atoms with van der Waals surface area (Å²) >= 11 is 0. The number of fused-ring (bicyclic) bond motifs is 1. The summed E-state index contributed by atoms with van der Waals surface area (Å²) in [5.74, 6) is 0.299. The predicted octanol–water partition coefficient (Wildman–Crippen LogP) is 0.877. The SMILES string of the molecule is C[C@@H]1CCC(=O)[C@@H]2[C@H]1[C@H]2[N+](=O)[O-]. The molecule has 0 aliphatic heterocycles. The Morgan fingerprint density at radius 3 is 2.75 bits per heavy atom. The van der Waals surface area contributed by atoms with Crippen molar-refractivity contribution in [2.75, 3.05) is 0 Å². The molecule has 0 radical (unpaired) electrons. The molecule has 2 aliphatic rings. The molecule has 4 atom stereocenters. The fraction of sp³-hybridized carbons (Fsp3) is 0.875. The molecule has 0 N–H and O–H groups in total. The Morgan fingerprint density at radius 2 is 2.25 bits per heavy atom. The number of nitro groups is 1. The van der Waals surface area contributed by atoms with Gasteiger partial charge >= 0.3 is 0 Å². The van der Waals surface area contributed by atoms with E-state index in [1.807, 2.05) is 6.92 Å². The Labute approximate surface area is 70.1 Å². The minimum absolute atomic E-state index is 0.0567. The molecule has 4 heteroatoms. The quantitative estimate of drug-likeness (QED) is 0.432. The number of carbonyl (C=O) groups is 1. The number of ketones is 1. The Bertz CT molecular complexity index is 247. The van der Waals surface area contributed by atoms with E-state index >= 15 is 0 Å². The average molecular weight is 169 g/mol. The van der Waals surface area contributed by atoms with Crippen LogP contribution in [-0.2, 0) is 4.79 Å². The van der Waals surface area contributed by atoms with E-state index in [4.69, 9.17) is 0 Å². The molecule has 0 aromatic heterocycles. The lowest BCUT2D eigenvalue weighted by atomic mass is 9.90. The second-order valence-corrected chi connectivity index (χ2v) is 3.86. The lowest BCUT2D eigenvalue weighted by Crippen LogP contribution is -2.14. The summed E-state index contributed by atoms with van der Waals surface area (Å²) < 4.78 is 0. The third-order valence-corrected chi connectivity index (χ3v) is 3.15. The zero-order valence-corrected chi connectivity index (χ0v) is 6.90. The minimum Gasteiger partial charge on any atom is -0.299 e. The molecule has 0 unspecified atom stereocenters. The first-order valence-electron chi connectivity index (χ1n) is 4.29. The maximum Gasteiger partial charge on any atom is 0.227 e. The Balaban J connectivity index is 2.15. The number of hydrogen-bond acceptors (Lipinski definition) is 3. The van der Waals surface area contributed by atoms with Crippen LogP contribution in [-0.4, -0.2) is 16.7 Å². The van der Waals surface area contributed by atoms with Crippen LogP contribution in [0, 0.1) is 27.9 Å². The van der Waals surface area contributed by atoms with Gasteiger partial charge in [-0.15, -0.1) is 0 Å². The predicted molar refractivity (Wildman–Crippen MR) is 41.2 cm³/mol. The fourth-order valence-corrected chi connectivity index (χ4v) is 2.41. The van der Waals surface area contributed by atoms with Crippen LogP contribution in [0.5, 0.6) is 0 Å². The van der Waals surface area contributed by atoms with Gasteiger partial charge in [0.2, 0.25) is 6.04 Å². The normalized spacial score (nSPS) is 45.2. The second-order valence-electron chi connectivity index (χ2n) is 3.86. The average Bonchev–Trinajstić information content (AvgIpc) is 2.72. The molecule has 0 saturated heterocycles. The maximum absolute atomic E-state index is 11.2. The van der Waals surface area contributed by atoms with Crippen LogP contribution < -0.4 is 0 Å². The molecule has 0 spiro atoms. The highest BCUT2D eigenvalue weighted by molar-refractivity contribution is 5.85. The van der Waals surface area contributed by atoms with Gasteiger partial charge in [-0.2, -0.15) is 0 Å². The van der Waals surface area contributed by atoms with Crippen molar-refractivity contribution in [2.24, 2.45) is 17.8 Å². The van der Waals surface area contributed by atoms with Crippen molar-refractivity contribution in [3.63, 3.8) is 0 Å². The molecule has 66 valence electrons. The van der Waals surface area contributed by atoms with E-state index in [-0.39, 0.29) is 22.5 Å². The summed E-state index contributed by atoms with van der Waals surface area (Å²) in [4.78, 5) is 21.4. The molecule has 2 saturated carbocycles. The van der Waals surface area contributed by atoms with E-state index in [0.29, 0.717) is 12.3 Å². The minimum atomic E-state index is -0.546. The summed E-state index contributed by atoms with van der Waals surface area (Å²) in [6.07, 6.45) is 1.39. The Hall–Kier alpha value is -0.930. The molecular formula is C8H11NO3. The molecule has 0 heterocycles. The molecular weight excluding hydrogens is 158 g/mol. The van der Waals surface area contributed by atoms with Gasteiger partial charge in [-0.3, -0.25) is 14.9 Å². The van der Waals surface area contributed by atoms with Gasteiger partial charge < -0.3 is 0 Å². The summed E-state index contributed by atoms with van der Waals surface area (Å²) in [6, 6.07) is -0.546. The van der Waals surface area contributed by atoms with Gasteiger partial charge in [0.05, 0.1) is 5.92 Å². The van der Waals surface area contributed by atoms with Crippen LogP contribution in [0.4, 0.5) is 0 Å². The standard InChI is InChI=1S/C8H11NO3/c1-4-2-3-5(10)7-6(4)8(7)9(11)12/h4,6-8H,2-3H2,1H3/t4-,6+,7-,8-/m1/s1. The summed E-state index contributed by atoms with van der Waals surface area (Å²) in [6.45, 7) is 2.01. The van der Waals surface area contributed by atoms with Gasteiger partial charge in [0.1, 0.15) is 5.78 Å². The van der Waals surface area contributed by atoms with Crippen molar-refractivity contribution in [2.45, 2.75) is 25.8 Å². The number of Topliss-reactive ketones (excluding diaryl/α,β-unsaturated/α-hetero) is 1. The molecule has 0 bridgehead atoms. The molecule has 12 heavy (non-hydrogen) atoms. The van der Waals surface area contributed by atoms with E-state index in [0.717, 1.165) is 6.42 Å². The van der Waals surface area contributed by atoms with Gasteiger partial charge in [0, 0.05) is 17.3 Å². The molecule has 2 fully saturated rings. The van der Waals surface area contributed by atoms with Crippen LogP contribution >= 0.6 is 0 Å². The van der Waals surface area contributed by atoms with Gasteiger partial charge in [-0.05, 0) is 12.3 Å². The van der Waals surface area contributed by atoms with Crippen LogP contribution in [0.1, 0.15) is 19.8 Å². The fourth-order valence-electron chi connectivity index (χ4n) is 2.41. The van der Waals surface area contributed by atoms with Gasteiger partial charge in [0.15, 0.2) is 0 Å². The molecule has 0 aromatic carbocycles.